The summed E-state index contributed by atoms with van der Waals surface area (Å²) < 4.78 is 10.6. The molecule has 0 fully saturated rings. The molecule has 1 aromatic heterocycles. The van der Waals surface area contributed by atoms with E-state index in [1.165, 1.54) is 0 Å². The Morgan fingerprint density at radius 2 is 2.00 bits per heavy atom. The van der Waals surface area contributed by atoms with Gasteiger partial charge in [0.2, 0.25) is 0 Å². The fraction of sp³-hybridized carbons (Fsp3) is 0.412. The summed E-state index contributed by atoms with van der Waals surface area (Å²) >= 11 is 0. The number of anilines is 1. The molecule has 1 aliphatic rings. The Morgan fingerprint density at radius 1 is 1.25 bits per heavy atom. The third kappa shape index (κ3) is 2.89. The second kappa shape index (κ2) is 6.43. The summed E-state index contributed by atoms with van der Waals surface area (Å²) in [5.41, 5.74) is 1.56. The lowest BCUT2D eigenvalue weighted by molar-refractivity contribution is 0.0942. The van der Waals surface area contributed by atoms with Crippen LogP contribution in [0.5, 0.6) is 11.5 Å². The summed E-state index contributed by atoms with van der Waals surface area (Å²) in [5.74, 6) is 2.99. The number of hydrogen-bond donors (Lipinski definition) is 2. The molecule has 0 unspecified atom stereocenters. The number of nitrogens with zero attached hydrogens (tertiary/aromatic N) is 2. The zero-order valence-corrected chi connectivity index (χ0v) is 14.3. The number of aromatic nitrogens is 2. The van der Waals surface area contributed by atoms with Crippen molar-refractivity contribution in [1.29, 1.82) is 0 Å². The second-order valence-electron chi connectivity index (χ2n) is 6.03. The van der Waals surface area contributed by atoms with Crippen LogP contribution in [0.15, 0.2) is 18.2 Å². The first kappa shape index (κ1) is 16.2. The lowest BCUT2D eigenvalue weighted by Crippen LogP contribution is -2.43. The highest BCUT2D eigenvalue weighted by molar-refractivity contribution is 5.98. The molecule has 7 heteroatoms. The van der Waals surface area contributed by atoms with Crippen molar-refractivity contribution >= 4 is 11.7 Å². The van der Waals surface area contributed by atoms with Crippen LogP contribution in [0, 0.1) is 0 Å². The number of hydrogen-bond acceptors (Lipinski definition) is 5. The third-order valence-corrected chi connectivity index (χ3v) is 4.03. The van der Waals surface area contributed by atoms with Crippen molar-refractivity contribution in [3.05, 3.63) is 35.3 Å². The predicted octanol–water partition coefficient (Wildman–Crippen LogP) is 2.26. The number of carbonyl (C=O) groups excluding carboxylic acids is 1. The molecule has 2 aromatic rings. The third-order valence-electron chi connectivity index (χ3n) is 4.03. The number of methoxy groups -OCH3 is 2. The molecule has 0 saturated carbocycles. The summed E-state index contributed by atoms with van der Waals surface area (Å²) in [5, 5.41) is 2.87. The fourth-order valence-corrected chi connectivity index (χ4v) is 2.70. The highest BCUT2D eigenvalue weighted by atomic mass is 16.5. The lowest BCUT2D eigenvalue weighted by atomic mass is 10.1. The van der Waals surface area contributed by atoms with Gasteiger partial charge in [-0.1, -0.05) is 19.9 Å². The van der Waals surface area contributed by atoms with Crippen LogP contribution in [0.1, 0.15) is 41.6 Å². The number of amides is 1. The first-order valence-corrected chi connectivity index (χ1v) is 7.87. The number of nitrogens with one attached hydrogen (secondary N) is 2. The number of imidazole rings is 1. The second-order valence-corrected chi connectivity index (χ2v) is 6.03. The van der Waals surface area contributed by atoms with Crippen LogP contribution >= 0.6 is 0 Å². The van der Waals surface area contributed by atoms with E-state index in [0.717, 1.165) is 11.4 Å². The minimum absolute atomic E-state index is 0.118. The highest BCUT2D eigenvalue weighted by Gasteiger charge is 2.27. The molecule has 1 aromatic carbocycles. The summed E-state index contributed by atoms with van der Waals surface area (Å²) in [7, 11) is 3.23. The van der Waals surface area contributed by atoms with Gasteiger partial charge in [-0.05, 0) is 17.7 Å². The molecule has 7 nitrogen and oxygen atoms in total. The van der Waals surface area contributed by atoms with Crippen LogP contribution in [0.4, 0.5) is 5.82 Å². The van der Waals surface area contributed by atoms with Crippen molar-refractivity contribution in [3.63, 3.8) is 0 Å². The standard InChI is InChI=1S/C17H22N4O3/c1-10(2)15-19-14-16(20-15)21(9-18-17(14)22)8-11-5-6-12(23-3)13(7-11)24-4/h5-7,10H,8-9H2,1-4H3,(H,18,22)(H,19,20). The van der Waals surface area contributed by atoms with Gasteiger partial charge in [0.15, 0.2) is 17.3 Å². The first-order chi connectivity index (χ1) is 11.5. The predicted molar refractivity (Wildman–Crippen MR) is 90.7 cm³/mol. The van der Waals surface area contributed by atoms with Gasteiger partial charge in [-0.15, -0.1) is 0 Å². The molecule has 0 aliphatic carbocycles. The van der Waals surface area contributed by atoms with Crippen LogP contribution < -0.4 is 19.7 Å². The Morgan fingerprint density at radius 3 is 2.67 bits per heavy atom. The molecule has 0 bridgehead atoms. The van der Waals surface area contributed by atoms with Gasteiger partial charge < -0.3 is 24.7 Å². The van der Waals surface area contributed by atoms with E-state index in [0.29, 0.717) is 36.2 Å². The van der Waals surface area contributed by atoms with Crippen molar-refractivity contribution in [2.24, 2.45) is 0 Å². The number of aromatic amines is 1. The molecular weight excluding hydrogens is 308 g/mol. The maximum Gasteiger partial charge on any atom is 0.272 e. The Balaban J connectivity index is 1.89. The zero-order valence-electron chi connectivity index (χ0n) is 14.3. The van der Waals surface area contributed by atoms with Gasteiger partial charge in [-0.25, -0.2) is 4.98 Å². The van der Waals surface area contributed by atoms with E-state index in [9.17, 15) is 4.79 Å². The molecule has 128 valence electrons. The average Bonchev–Trinajstić information content (AvgIpc) is 3.04. The number of rotatable bonds is 5. The highest BCUT2D eigenvalue weighted by Crippen LogP contribution is 2.30. The molecule has 2 N–H and O–H groups in total. The minimum atomic E-state index is -0.118. The van der Waals surface area contributed by atoms with Crippen molar-refractivity contribution < 1.29 is 14.3 Å². The van der Waals surface area contributed by atoms with E-state index in [-0.39, 0.29) is 11.8 Å². The van der Waals surface area contributed by atoms with Crippen molar-refractivity contribution in [3.8, 4) is 11.5 Å². The van der Waals surface area contributed by atoms with E-state index >= 15 is 0 Å². The van der Waals surface area contributed by atoms with Gasteiger partial charge in [-0.2, -0.15) is 0 Å². The quantitative estimate of drug-likeness (QED) is 0.879. The molecule has 24 heavy (non-hydrogen) atoms. The lowest BCUT2D eigenvalue weighted by Gasteiger charge is -2.27. The van der Waals surface area contributed by atoms with Gasteiger partial charge in [0, 0.05) is 12.5 Å². The van der Waals surface area contributed by atoms with Crippen LogP contribution in [-0.4, -0.2) is 36.8 Å². The average molecular weight is 330 g/mol. The Kier molecular flexibility index (Phi) is 4.33. The molecule has 1 aliphatic heterocycles. The van der Waals surface area contributed by atoms with E-state index < -0.39 is 0 Å². The SMILES string of the molecule is COc1ccc(CN2CNC(=O)c3[nH]c(C(C)C)nc32)cc1OC. The van der Waals surface area contributed by atoms with Gasteiger partial charge in [0.25, 0.3) is 5.91 Å². The van der Waals surface area contributed by atoms with Crippen LogP contribution in [-0.2, 0) is 6.54 Å². The fourth-order valence-electron chi connectivity index (χ4n) is 2.70. The number of fused-ring (bicyclic) bond motifs is 1. The van der Waals surface area contributed by atoms with Gasteiger partial charge in [0.1, 0.15) is 11.5 Å². The molecular formula is C17H22N4O3. The first-order valence-electron chi connectivity index (χ1n) is 7.87. The number of H-pyrrole nitrogens is 1. The Labute approximate surface area is 141 Å². The molecule has 2 heterocycles. The van der Waals surface area contributed by atoms with E-state index in [1.54, 1.807) is 14.2 Å². The minimum Gasteiger partial charge on any atom is -0.493 e. The molecule has 0 atom stereocenters. The maximum atomic E-state index is 12.1. The van der Waals surface area contributed by atoms with Crippen molar-refractivity contribution in [1.82, 2.24) is 15.3 Å². The van der Waals surface area contributed by atoms with Gasteiger partial charge in [-0.3, -0.25) is 4.79 Å². The Hall–Kier alpha value is -2.70. The topological polar surface area (TPSA) is 79.5 Å². The van der Waals surface area contributed by atoms with Gasteiger partial charge in [0.05, 0.1) is 20.9 Å². The van der Waals surface area contributed by atoms with E-state index in [4.69, 9.17) is 9.47 Å². The zero-order chi connectivity index (χ0) is 17.3. The molecule has 0 radical (unpaired) electrons. The van der Waals surface area contributed by atoms with Crippen LogP contribution in [0.25, 0.3) is 0 Å². The van der Waals surface area contributed by atoms with Gasteiger partial charge >= 0.3 is 0 Å². The number of carbonyl (C=O) groups is 1. The molecule has 1 amide bonds. The summed E-state index contributed by atoms with van der Waals surface area (Å²) in [6.07, 6.45) is 0. The summed E-state index contributed by atoms with van der Waals surface area (Å²) in [4.78, 5) is 21.8. The Bertz CT molecular complexity index is 754. The monoisotopic (exact) mass is 330 g/mol. The maximum absolute atomic E-state index is 12.1. The van der Waals surface area contributed by atoms with Crippen molar-refractivity contribution in [2.45, 2.75) is 26.3 Å². The van der Waals surface area contributed by atoms with Crippen molar-refractivity contribution in [2.75, 3.05) is 25.8 Å². The molecule has 0 saturated heterocycles. The molecule has 3 rings (SSSR count). The van der Waals surface area contributed by atoms with E-state index in [2.05, 4.69) is 15.3 Å². The largest absolute Gasteiger partial charge is 0.493 e. The summed E-state index contributed by atoms with van der Waals surface area (Å²) in [6.45, 7) is 5.11. The number of ether oxygens (including phenoxy) is 2. The van der Waals surface area contributed by atoms with Crippen LogP contribution in [0.3, 0.4) is 0 Å². The van der Waals surface area contributed by atoms with E-state index in [1.807, 2.05) is 36.9 Å². The molecule has 0 spiro atoms. The van der Waals surface area contributed by atoms with Crippen LogP contribution in [0.2, 0.25) is 0 Å². The normalized spacial score (nSPS) is 13.7. The summed E-state index contributed by atoms with van der Waals surface area (Å²) in [6, 6.07) is 5.79. The number of benzene rings is 1. The smallest absolute Gasteiger partial charge is 0.272 e.